The zero-order valence-corrected chi connectivity index (χ0v) is 14.4. The molecule has 1 N–H and O–H groups in total. The predicted molar refractivity (Wildman–Crippen MR) is 94.1 cm³/mol. The van der Waals surface area contributed by atoms with Crippen LogP contribution in [0.5, 0.6) is 0 Å². The molecule has 0 radical (unpaired) electrons. The fraction of sp³-hybridized carbons (Fsp3) is 0.118. The highest BCUT2D eigenvalue weighted by molar-refractivity contribution is 7.98. The number of amides is 1. The number of nitrogens with one attached hydrogen (secondary N) is 1. The van der Waals surface area contributed by atoms with E-state index in [0.29, 0.717) is 22.3 Å². The Labute approximate surface area is 148 Å². The third-order valence-electron chi connectivity index (χ3n) is 3.32. The Bertz CT molecular complexity index is 849. The molecule has 0 aliphatic carbocycles. The topological polar surface area (TPSA) is 68.0 Å². The number of carbonyl (C=O) groups excluding carboxylic acids is 1. The Morgan fingerprint density at radius 1 is 1.21 bits per heavy atom. The average molecular weight is 360 g/mol. The zero-order chi connectivity index (χ0) is 16.9. The van der Waals surface area contributed by atoms with Gasteiger partial charge in [0.2, 0.25) is 11.7 Å². The number of aromatic nitrogens is 2. The maximum absolute atomic E-state index is 12.3. The van der Waals surface area contributed by atoms with Crippen LogP contribution in [0.2, 0.25) is 5.02 Å². The van der Waals surface area contributed by atoms with E-state index in [1.54, 1.807) is 18.2 Å². The first kappa shape index (κ1) is 16.5. The summed E-state index contributed by atoms with van der Waals surface area (Å²) in [5, 5.41) is 7.35. The fourth-order valence-electron chi connectivity index (χ4n) is 2.13. The van der Waals surface area contributed by atoms with Gasteiger partial charge in [-0.3, -0.25) is 4.79 Å². The predicted octanol–water partition coefficient (Wildman–Crippen LogP) is 4.04. The molecule has 2 aromatic carbocycles. The molecule has 0 fully saturated rings. The van der Waals surface area contributed by atoms with E-state index < -0.39 is 0 Å². The van der Waals surface area contributed by atoms with Gasteiger partial charge in [-0.15, -0.1) is 11.8 Å². The van der Waals surface area contributed by atoms with Gasteiger partial charge in [-0.2, -0.15) is 4.98 Å². The van der Waals surface area contributed by atoms with Crippen molar-refractivity contribution < 1.29 is 9.32 Å². The van der Waals surface area contributed by atoms with Gasteiger partial charge in [0.1, 0.15) is 0 Å². The first-order chi connectivity index (χ1) is 11.7. The van der Waals surface area contributed by atoms with Gasteiger partial charge < -0.3 is 9.84 Å². The van der Waals surface area contributed by atoms with Crippen molar-refractivity contribution in [2.24, 2.45) is 0 Å². The Hall–Kier alpha value is -2.31. The van der Waals surface area contributed by atoms with Crippen molar-refractivity contribution in [2.45, 2.75) is 11.4 Å². The maximum atomic E-state index is 12.3. The summed E-state index contributed by atoms with van der Waals surface area (Å²) < 4.78 is 5.18. The molecule has 0 atom stereocenters. The molecule has 1 heterocycles. The van der Waals surface area contributed by atoms with Crippen LogP contribution < -0.4 is 5.32 Å². The van der Waals surface area contributed by atoms with Gasteiger partial charge in [-0.25, -0.2) is 0 Å². The van der Waals surface area contributed by atoms with Crippen molar-refractivity contribution >= 4 is 29.3 Å². The highest BCUT2D eigenvalue weighted by Gasteiger charge is 2.13. The van der Waals surface area contributed by atoms with Crippen molar-refractivity contribution in [3.05, 3.63) is 65.0 Å². The van der Waals surface area contributed by atoms with E-state index in [2.05, 4.69) is 15.5 Å². The van der Waals surface area contributed by atoms with Gasteiger partial charge >= 0.3 is 0 Å². The van der Waals surface area contributed by atoms with E-state index in [9.17, 15) is 4.79 Å². The van der Waals surface area contributed by atoms with Gasteiger partial charge in [-0.1, -0.05) is 28.9 Å². The first-order valence-electron chi connectivity index (χ1n) is 7.17. The minimum atomic E-state index is -0.175. The summed E-state index contributed by atoms with van der Waals surface area (Å²) in [5.74, 6) is 0.626. The standard InChI is InChI=1S/C17H14ClN3O2S/c1-24-14-5-3-2-4-13(14)17(22)19-10-15-20-16(21-23-15)11-6-8-12(18)9-7-11/h2-9H,10H2,1H3,(H,19,22). The van der Waals surface area contributed by atoms with Crippen molar-refractivity contribution in [2.75, 3.05) is 6.26 Å². The molecule has 0 bridgehead atoms. The number of benzene rings is 2. The van der Waals surface area contributed by atoms with Crippen molar-refractivity contribution in [1.82, 2.24) is 15.5 Å². The summed E-state index contributed by atoms with van der Waals surface area (Å²) in [7, 11) is 0. The van der Waals surface area contributed by atoms with E-state index in [0.717, 1.165) is 10.5 Å². The van der Waals surface area contributed by atoms with Crippen LogP contribution in [-0.2, 0) is 6.54 Å². The van der Waals surface area contributed by atoms with Crippen LogP contribution in [0.1, 0.15) is 16.2 Å². The molecule has 5 nitrogen and oxygen atoms in total. The second kappa shape index (κ2) is 7.51. The lowest BCUT2D eigenvalue weighted by Crippen LogP contribution is -2.23. The Morgan fingerprint density at radius 2 is 1.96 bits per heavy atom. The monoisotopic (exact) mass is 359 g/mol. The van der Waals surface area contributed by atoms with Crippen molar-refractivity contribution in [1.29, 1.82) is 0 Å². The third kappa shape index (κ3) is 3.77. The fourth-order valence-corrected chi connectivity index (χ4v) is 2.85. The summed E-state index contributed by atoms with van der Waals surface area (Å²) >= 11 is 7.38. The summed E-state index contributed by atoms with van der Waals surface area (Å²) in [5.41, 5.74) is 1.43. The minimum absolute atomic E-state index is 0.169. The third-order valence-corrected chi connectivity index (χ3v) is 4.37. The Kier molecular flexibility index (Phi) is 5.17. The number of halogens is 1. The van der Waals surface area contributed by atoms with Gasteiger partial charge in [0.25, 0.3) is 5.91 Å². The van der Waals surface area contributed by atoms with Gasteiger partial charge in [0.05, 0.1) is 12.1 Å². The Balaban J connectivity index is 1.67. The molecular weight excluding hydrogens is 346 g/mol. The molecule has 1 aromatic heterocycles. The van der Waals surface area contributed by atoms with E-state index >= 15 is 0 Å². The van der Waals surface area contributed by atoms with Crippen LogP contribution >= 0.6 is 23.4 Å². The lowest BCUT2D eigenvalue weighted by molar-refractivity contribution is 0.0943. The molecule has 7 heteroatoms. The van der Waals surface area contributed by atoms with Gasteiger partial charge in [0, 0.05) is 15.5 Å². The lowest BCUT2D eigenvalue weighted by atomic mass is 10.2. The average Bonchev–Trinajstić information content (AvgIpc) is 3.09. The smallest absolute Gasteiger partial charge is 0.252 e. The number of rotatable bonds is 5. The molecule has 0 unspecified atom stereocenters. The summed E-state index contributed by atoms with van der Waals surface area (Å²) in [6.45, 7) is 0.169. The van der Waals surface area contributed by atoms with Crippen LogP contribution in [-0.4, -0.2) is 22.3 Å². The quantitative estimate of drug-likeness (QED) is 0.696. The van der Waals surface area contributed by atoms with Gasteiger partial charge in [-0.05, 0) is 42.7 Å². The molecular formula is C17H14ClN3O2S. The van der Waals surface area contributed by atoms with E-state index in [-0.39, 0.29) is 12.5 Å². The Morgan fingerprint density at radius 3 is 2.71 bits per heavy atom. The molecule has 0 aliphatic heterocycles. The molecule has 0 aliphatic rings. The molecule has 3 aromatic rings. The second-order valence-corrected chi connectivity index (χ2v) is 6.19. The van der Waals surface area contributed by atoms with Crippen LogP contribution in [0.15, 0.2) is 57.9 Å². The van der Waals surface area contributed by atoms with E-state index in [1.165, 1.54) is 11.8 Å². The second-order valence-electron chi connectivity index (χ2n) is 4.90. The van der Waals surface area contributed by atoms with Crippen LogP contribution in [0.25, 0.3) is 11.4 Å². The number of hydrogen-bond acceptors (Lipinski definition) is 5. The zero-order valence-electron chi connectivity index (χ0n) is 12.8. The van der Waals surface area contributed by atoms with Crippen LogP contribution in [0, 0.1) is 0 Å². The van der Waals surface area contributed by atoms with Crippen LogP contribution in [0.3, 0.4) is 0 Å². The lowest BCUT2D eigenvalue weighted by Gasteiger charge is -2.06. The van der Waals surface area contributed by atoms with Gasteiger partial charge in [0.15, 0.2) is 0 Å². The molecule has 24 heavy (non-hydrogen) atoms. The summed E-state index contributed by atoms with van der Waals surface area (Å²) in [6.07, 6.45) is 1.93. The summed E-state index contributed by atoms with van der Waals surface area (Å²) in [6, 6.07) is 14.6. The normalized spacial score (nSPS) is 10.6. The molecule has 0 saturated heterocycles. The van der Waals surface area contributed by atoms with Crippen molar-refractivity contribution in [3.8, 4) is 11.4 Å². The molecule has 122 valence electrons. The number of carbonyl (C=O) groups is 1. The largest absolute Gasteiger partial charge is 0.343 e. The molecule has 0 spiro atoms. The highest BCUT2D eigenvalue weighted by atomic mass is 35.5. The SMILES string of the molecule is CSc1ccccc1C(=O)NCc1nc(-c2ccc(Cl)cc2)no1. The minimum Gasteiger partial charge on any atom is -0.343 e. The first-order valence-corrected chi connectivity index (χ1v) is 8.77. The number of thioether (sulfide) groups is 1. The van der Waals surface area contributed by atoms with Crippen molar-refractivity contribution in [3.63, 3.8) is 0 Å². The van der Waals surface area contributed by atoms with E-state index in [4.69, 9.17) is 16.1 Å². The number of hydrogen-bond donors (Lipinski definition) is 1. The molecule has 0 saturated carbocycles. The highest BCUT2D eigenvalue weighted by Crippen LogP contribution is 2.20. The number of nitrogens with zero attached hydrogens (tertiary/aromatic N) is 2. The maximum Gasteiger partial charge on any atom is 0.252 e. The molecule has 1 amide bonds. The van der Waals surface area contributed by atoms with Crippen LogP contribution in [0.4, 0.5) is 0 Å². The summed E-state index contributed by atoms with van der Waals surface area (Å²) in [4.78, 5) is 17.5. The van der Waals surface area contributed by atoms with E-state index in [1.807, 2.05) is 36.6 Å². The molecule has 3 rings (SSSR count).